The van der Waals surface area contributed by atoms with Gasteiger partial charge >= 0.3 is 0 Å². The fourth-order valence-corrected chi connectivity index (χ4v) is 2.48. The van der Waals surface area contributed by atoms with Crippen molar-refractivity contribution < 1.29 is 9.47 Å². The molecule has 1 heterocycles. The highest BCUT2D eigenvalue weighted by atomic mass is 79.9. The van der Waals surface area contributed by atoms with E-state index < -0.39 is 0 Å². The smallest absolute Gasteiger partial charge is 0.175 e. The molecule has 1 aliphatic rings. The molecule has 0 aromatic heterocycles. The normalized spacial score (nSPS) is 13.8. The third kappa shape index (κ3) is 4.25. The minimum Gasteiger partial charge on any atom is -0.490 e. The minimum absolute atomic E-state index is 0.712. The van der Waals surface area contributed by atoms with Gasteiger partial charge in [-0.25, -0.2) is 0 Å². The van der Waals surface area contributed by atoms with Crippen LogP contribution in [0.25, 0.3) is 0 Å². The summed E-state index contributed by atoms with van der Waals surface area (Å²) in [5.41, 5.74) is 2.52. The largest absolute Gasteiger partial charge is 0.490 e. The number of hydrogen-bond donors (Lipinski definition) is 1. The van der Waals surface area contributed by atoms with Crippen LogP contribution in [0.3, 0.4) is 0 Å². The fraction of sp³-hybridized carbons (Fsp3) is 0.467. The number of benzene rings is 1. The summed E-state index contributed by atoms with van der Waals surface area (Å²) >= 11 is 3.56. The van der Waals surface area contributed by atoms with Gasteiger partial charge in [-0.05, 0) is 47.5 Å². The first-order chi connectivity index (χ1) is 9.16. The summed E-state index contributed by atoms with van der Waals surface area (Å²) in [6, 6.07) is 4.14. The highest BCUT2D eigenvalue weighted by Crippen LogP contribution is 2.38. The topological polar surface area (TPSA) is 30.5 Å². The van der Waals surface area contributed by atoms with Crippen LogP contribution in [0.5, 0.6) is 11.5 Å². The summed E-state index contributed by atoms with van der Waals surface area (Å²) in [7, 11) is 0. The highest BCUT2D eigenvalue weighted by molar-refractivity contribution is 9.10. The molecule has 0 spiro atoms. The lowest BCUT2D eigenvalue weighted by Gasteiger charge is -2.12. The van der Waals surface area contributed by atoms with E-state index in [1.807, 2.05) is 0 Å². The van der Waals surface area contributed by atoms with Gasteiger partial charge < -0.3 is 14.8 Å². The van der Waals surface area contributed by atoms with Gasteiger partial charge in [-0.3, -0.25) is 0 Å². The molecule has 0 atom stereocenters. The predicted molar refractivity (Wildman–Crippen MR) is 80.9 cm³/mol. The molecule has 0 unspecified atom stereocenters. The Morgan fingerprint density at radius 3 is 2.89 bits per heavy atom. The molecule has 2 rings (SSSR count). The zero-order chi connectivity index (χ0) is 13.7. The van der Waals surface area contributed by atoms with E-state index >= 15 is 0 Å². The molecule has 0 radical (unpaired) electrons. The second-order valence-corrected chi connectivity index (χ2v) is 5.72. The summed E-state index contributed by atoms with van der Waals surface area (Å²) in [6.45, 7) is 7.34. The Morgan fingerprint density at radius 1 is 1.32 bits per heavy atom. The first-order valence-electron chi connectivity index (χ1n) is 6.59. The van der Waals surface area contributed by atoms with Gasteiger partial charge in [0, 0.05) is 19.5 Å². The SMILES string of the molecule is CC(C)=CCNCc1cc(Br)c2c(c1)OCCCO2. The van der Waals surface area contributed by atoms with Gasteiger partial charge in [0.2, 0.25) is 0 Å². The average Bonchev–Trinajstić information content (AvgIpc) is 2.60. The van der Waals surface area contributed by atoms with Crippen LogP contribution in [-0.2, 0) is 6.54 Å². The number of fused-ring (bicyclic) bond motifs is 1. The number of hydrogen-bond acceptors (Lipinski definition) is 3. The van der Waals surface area contributed by atoms with Crippen molar-refractivity contribution in [3.63, 3.8) is 0 Å². The molecule has 1 aromatic rings. The van der Waals surface area contributed by atoms with E-state index in [1.165, 1.54) is 11.1 Å². The third-order valence-corrected chi connectivity index (χ3v) is 3.43. The van der Waals surface area contributed by atoms with E-state index in [4.69, 9.17) is 9.47 Å². The van der Waals surface area contributed by atoms with E-state index in [0.29, 0.717) is 13.2 Å². The van der Waals surface area contributed by atoms with Gasteiger partial charge in [-0.1, -0.05) is 11.6 Å². The first-order valence-corrected chi connectivity index (χ1v) is 7.38. The maximum atomic E-state index is 5.72. The van der Waals surface area contributed by atoms with Gasteiger partial charge in [-0.2, -0.15) is 0 Å². The van der Waals surface area contributed by atoms with Gasteiger partial charge in [0.15, 0.2) is 11.5 Å². The number of halogens is 1. The second-order valence-electron chi connectivity index (χ2n) is 4.87. The Hall–Kier alpha value is -1.00. The molecule has 104 valence electrons. The van der Waals surface area contributed by atoms with E-state index in [2.05, 4.69) is 53.3 Å². The molecule has 1 aliphatic heterocycles. The number of allylic oxidation sites excluding steroid dienone is 1. The quantitative estimate of drug-likeness (QED) is 0.676. The Kier molecular flexibility index (Phi) is 5.28. The lowest BCUT2D eigenvalue weighted by molar-refractivity contribution is 0.296. The molecule has 1 N–H and O–H groups in total. The van der Waals surface area contributed by atoms with Gasteiger partial charge in [0.25, 0.3) is 0 Å². The Bertz CT molecular complexity index is 467. The molecular weight excluding hydrogens is 306 g/mol. The molecule has 0 amide bonds. The first kappa shape index (κ1) is 14.4. The standard InChI is InChI=1S/C15H20BrNO2/c1-11(2)4-5-17-10-12-8-13(16)15-14(9-12)18-6-3-7-19-15/h4,8-9,17H,3,5-7,10H2,1-2H3. The minimum atomic E-state index is 0.712. The number of nitrogens with one attached hydrogen (secondary N) is 1. The van der Waals surface area contributed by atoms with Crippen molar-refractivity contribution >= 4 is 15.9 Å². The van der Waals surface area contributed by atoms with Gasteiger partial charge in [-0.15, -0.1) is 0 Å². The molecule has 0 fully saturated rings. The lowest BCUT2D eigenvalue weighted by atomic mass is 10.2. The Labute approximate surface area is 123 Å². The molecule has 0 saturated carbocycles. The Morgan fingerprint density at radius 2 is 2.11 bits per heavy atom. The van der Waals surface area contributed by atoms with E-state index in [0.717, 1.165) is 35.5 Å². The van der Waals surface area contributed by atoms with E-state index in [1.54, 1.807) is 0 Å². The highest BCUT2D eigenvalue weighted by Gasteiger charge is 2.14. The zero-order valence-corrected chi connectivity index (χ0v) is 13.0. The van der Waals surface area contributed by atoms with Crippen molar-refractivity contribution in [2.75, 3.05) is 19.8 Å². The monoisotopic (exact) mass is 325 g/mol. The van der Waals surface area contributed by atoms with Gasteiger partial charge in [0.1, 0.15) is 0 Å². The van der Waals surface area contributed by atoms with Crippen LogP contribution in [-0.4, -0.2) is 19.8 Å². The summed E-state index contributed by atoms with van der Waals surface area (Å²) in [5.74, 6) is 1.66. The van der Waals surface area contributed by atoms with Crippen molar-refractivity contribution in [3.05, 3.63) is 33.8 Å². The summed E-state index contributed by atoms with van der Waals surface area (Å²) in [4.78, 5) is 0. The van der Waals surface area contributed by atoms with Gasteiger partial charge in [0.05, 0.1) is 17.7 Å². The van der Waals surface area contributed by atoms with Crippen LogP contribution >= 0.6 is 15.9 Å². The number of ether oxygens (including phenoxy) is 2. The van der Waals surface area contributed by atoms with Crippen LogP contribution in [0.15, 0.2) is 28.3 Å². The van der Waals surface area contributed by atoms with Crippen molar-refractivity contribution in [1.29, 1.82) is 0 Å². The summed E-state index contributed by atoms with van der Waals surface area (Å²) < 4.78 is 12.4. The van der Waals surface area contributed by atoms with Crippen molar-refractivity contribution in [3.8, 4) is 11.5 Å². The molecule has 19 heavy (non-hydrogen) atoms. The lowest BCUT2D eigenvalue weighted by Crippen LogP contribution is -2.13. The zero-order valence-electron chi connectivity index (χ0n) is 11.5. The summed E-state index contributed by atoms with van der Waals surface area (Å²) in [5, 5.41) is 3.39. The molecule has 3 nitrogen and oxygen atoms in total. The van der Waals surface area contributed by atoms with Crippen LogP contribution in [0, 0.1) is 0 Å². The van der Waals surface area contributed by atoms with Crippen LogP contribution in [0.2, 0.25) is 0 Å². The molecular formula is C15H20BrNO2. The van der Waals surface area contributed by atoms with Crippen LogP contribution in [0.1, 0.15) is 25.8 Å². The molecule has 4 heteroatoms. The third-order valence-electron chi connectivity index (χ3n) is 2.85. The van der Waals surface area contributed by atoms with Crippen LogP contribution in [0.4, 0.5) is 0 Å². The van der Waals surface area contributed by atoms with E-state index in [-0.39, 0.29) is 0 Å². The second kappa shape index (κ2) is 6.96. The van der Waals surface area contributed by atoms with Crippen molar-refractivity contribution in [2.45, 2.75) is 26.8 Å². The maximum Gasteiger partial charge on any atom is 0.175 e. The predicted octanol–water partition coefficient (Wildman–Crippen LogP) is 3.67. The molecule has 1 aromatic carbocycles. The molecule has 0 bridgehead atoms. The fourth-order valence-electron chi connectivity index (χ4n) is 1.88. The number of rotatable bonds is 4. The average molecular weight is 326 g/mol. The maximum absolute atomic E-state index is 5.72. The van der Waals surface area contributed by atoms with Crippen molar-refractivity contribution in [1.82, 2.24) is 5.32 Å². The van der Waals surface area contributed by atoms with E-state index in [9.17, 15) is 0 Å². The molecule has 0 aliphatic carbocycles. The Balaban J connectivity index is 2.04. The molecule has 0 saturated heterocycles. The summed E-state index contributed by atoms with van der Waals surface area (Å²) in [6.07, 6.45) is 3.10. The van der Waals surface area contributed by atoms with Crippen LogP contribution < -0.4 is 14.8 Å². The van der Waals surface area contributed by atoms with Crippen molar-refractivity contribution in [2.24, 2.45) is 0 Å².